The van der Waals surface area contributed by atoms with E-state index in [0.717, 1.165) is 12.0 Å². The van der Waals surface area contributed by atoms with Crippen LogP contribution in [0.1, 0.15) is 67.2 Å². The molecule has 0 radical (unpaired) electrons. The highest BCUT2D eigenvalue weighted by Crippen LogP contribution is 2.48. The summed E-state index contributed by atoms with van der Waals surface area (Å²) in [4.78, 5) is 5.45. The van der Waals surface area contributed by atoms with Gasteiger partial charge in [0.1, 0.15) is 0 Å². The van der Waals surface area contributed by atoms with E-state index in [2.05, 4.69) is 51.3 Å². The second kappa shape index (κ2) is 4.96. The van der Waals surface area contributed by atoms with E-state index in [1.165, 1.54) is 51.9 Å². The van der Waals surface area contributed by atoms with E-state index in [-0.39, 0.29) is 0 Å². The molecule has 0 bridgehead atoms. The van der Waals surface area contributed by atoms with E-state index in [4.69, 9.17) is 0 Å². The minimum Gasteiger partial charge on any atom is -0.300 e. The van der Waals surface area contributed by atoms with Gasteiger partial charge in [0.25, 0.3) is 0 Å². The summed E-state index contributed by atoms with van der Waals surface area (Å²) in [6.45, 7) is 19.7. The van der Waals surface area contributed by atoms with Crippen LogP contribution < -0.4 is 0 Å². The lowest BCUT2D eigenvalue weighted by Crippen LogP contribution is -2.65. The Kier molecular flexibility index (Phi) is 3.73. The minimum atomic E-state index is 0.375. The number of hydrogen-bond donors (Lipinski definition) is 0. The largest absolute Gasteiger partial charge is 0.300 e. The molecule has 1 spiro atoms. The van der Waals surface area contributed by atoms with E-state index in [1.807, 2.05) is 0 Å². The van der Waals surface area contributed by atoms with Gasteiger partial charge in [-0.15, -0.1) is 0 Å². The average molecular weight is 293 g/mol. The van der Waals surface area contributed by atoms with E-state index >= 15 is 0 Å². The second-order valence-corrected chi connectivity index (χ2v) is 10.3. The monoisotopic (exact) mass is 292 g/mol. The average Bonchev–Trinajstić information content (AvgIpc) is 2.21. The Hall–Kier alpha value is -0.0800. The molecule has 3 rings (SSSR count). The van der Waals surface area contributed by atoms with Gasteiger partial charge in [0.15, 0.2) is 0 Å². The van der Waals surface area contributed by atoms with E-state index in [1.54, 1.807) is 0 Å². The second-order valence-electron chi connectivity index (χ2n) is 10.3. The SMILES string of the molecule is CC(C)(C)C1CN(C2CCC3(CC2)CN(C(C)(C)C)C3)C1. The van der Waals surface area contributed by atoms with E-state index in [0.29, 0.717) is 16.4 Å². The number of nitrogens with zero attached hydrogens (tertiary/aromatic N) is 2. The van der Waals surface area contributed by atoms with Crippen LogP contribution in [0.4, 0.5) is 0 Å². The van der Waals surface area contributed by atoms with Gasteiger partial charge in [-0.3, -0.25) is 9.80 Å². The lowest BCUT2D eigenvalue weighted by atomic mass is 9.65. The molecule has 2 nitrogen and oxygen atoms in total. The Balaban J connectivity index is 1.43. The lowest BCUT2D eigenvalue weighted by molar-refractivity contribution is -0.101. The Bertz CT molecular complexity index is 365. The molecule has 1 aliphatic carbocycles. The topological polar surface area (TPSA) is 6.48 Å². The number of rotatable bonds is 1. The van der Waals surface area contributed by atoms with Crippen molar-refractivity contribution in [1.29, 1.82) is 0 Å². The van der Waals surface area contributed by atoms with E-state index in [9.17, 15) is 0 Å². The molecule has 0 unspecified atom stereocenters. The first kappa shape index (κ1) is 15.8. The fourth-order valence-corrected chi connectivity index (χ4v) is 4.49. The van der Waals surface area contributed by atoms with Crippen molar-refractivity contribution in [3.05, 3.63) is 0 Å². The maximum atomic E-state index is 2.78. The zero-order valence-corrected chi connectivity index (χ0v) is 15.2. The summed E-state index contributed by atoms with van der Waals surface area (Å²) in [5, 5.41) is 0. The molecule has 0 aromatic rings. The predicted octanol–water partition coefficient (Wildman–Crippen LogP) is 4.01. The van der Waals surface area contributed by atoms with Gasteiger partial charge < -0.3 is 0 Å². The van der Waals surface area contributed by atoms with Gasteiger partial charge in [0, 0.05) is 37.8 Å². The van der Waals surface area contributed by atoms with Crippen LogP contribution in [0.25, 0.3) is 0 Å². The van der Waals surface area contributed by atoms with Crippen molar-refractivity contribution in [3.8, 4) is 0 Å². The molecule has 122 valence electrons. The highest BCUT2D eigenvalue weighted by Gasteiger charge is 2.49. The van der Waals surface area contributed by atoms with Crippen molar-refractivity contribution in [3.63, 3.8) is 0 Å². The molecular formula is C19H36N2. The standard InChI is InChI=1S/C19H36N2/c1-17(2,3)15-11-20(12-15)16-7-9-19(10-8-16)13-21(14-19)18(4,5)6/h15-16H,7-14H2,1-6H3. The van der Waals surface area contributed by atoms with Gasteiger partial charge >= 0.3 is 0 Å². The van der Waals surface area contributed by atoms with Crippen molar-refractivity contribution in [2.75, 3.05) is 26.2 Å². The molecule has 3 fully saturated rings. The third-order valence-corrected chi connectivity index (χ3v) is 6.67. The van der Waals surface area contributed by atoms with Gasteiger partial charge in [-0.25, -0.2) is 0 Å². The number of hydrogen-bond acceptors (Lipinski definition) is 2. The fraction of sp³-hybridized carbons (Fsp3) is 1.00. The summed E-state index contributed by atoms with van der Waals surface area (Å²) >= 11 is 0. The van der Waals surface area contributed by atoms with Crippen molar-refractivity contribution < 1.29 is 0 Å². The quantitative estimate of drug-likeness (QED) is 0.720. The molecule has 0 N–H and O–H groups in total. The molecule has 0 atom stereocenters. The van der Waals surface area contributed by atoms with Crippen molar-refractivity contribution in [1.82, 2.24) is 9.80 Å². The van der Waals surface area contributed by atoms with Crippen LogP contribution in [0.3, 0.4) is 0 Å². The molecular weight excluding hydrogens is 256 g/mol. The van der Waals surface area contributed by atoms with Gasteiger partial charge in [-0.2, -0.15) is 0 Å². The van der Waals surface area contributed by atoms with Gasteiger partial charge in [0.05, 0.1) is 0 Å². The third-order valence-electron chi connectivity index (χ3n) is 6.67. The first-order valence-corrected chi connectivity index (χ1v) is 9.08. The molecule has 0 aromatic carbocycles. The minimum absolute atomic E-state index is 0.375. The Labute approximate surface area is 132 Å². The smallest absolute Gasteiger partial charge is 0.0125 e. The van der Waals surface area contributed by atoms with Crippen LogP contribution in [0.15, 0.2) is 0 Å². The summed E-state index contributed by atoms with van der Waals surface area (Å²) in [5.74, 6) is 0.925. The summed E-state index contributed by atoms with van der Waals surface area (Å²) in [5.41, 5.74) is 1.57. The lowest BCUT2D eigenvalue weighted by Gasteiger charge is -2.60. The van der Waals surface area contributed by atoms with Gasteiger partial charge in [0.2, 0.25) is 0 Å². The van der Waals surface area contributed by atoms with Crippen molar-refractivity contribution in [2.24, 2.45) is 16.7 Å². The summed E-state index contributed by atoms with van der Waals surface area (Å²) in [7, 11) is 0. The number of likely N-dealkylation sites (tertiary alicyclic amines) is 2. The molecule has 3 aliphatic rings. The Morgan fingerprint density at radius 2 is 1.38 bits per heavy atom. The molecule has 1 saturated carbocycles. The van der Waals surface area contributed by atoms with Crippen LogP contribution in [0.2, 0.25) is 0 Å². The first-order chi connectivity index (χ1) is 9.59. The molecule has 2 heterocycles. The van der Waals surface area contributed by atoms with Crippen LogP contribution >= 0.6 is 0 Å². The highest BCUT2D eigenvalue weighted by molar-refractivity contribution is 5.03. The molecule has 2 saturated heterocycles. The molecule has 21 heavy (non-hydrogen) atoms. The maximum Gasteiger partial charge on any atom is 0.0125 e. The Morgan fingerprint density at radius 1 is 0.857 bits per heavy atom. The summed E-state index contributed by atoms with van der Waals surface area (Å²) in [6.07, 6.45) is 5.85. The molecule has 0 amide bonds. The van der Waals surface area contributed by atoms with Crippen LogP contribution in [0, 0.1) is 16.7 Å². The normalized spacial score (nSPS) is 29.4. The molecule has 2 aliphatic heterocycles. The highest BCUT2D eigenvalue weighted by atomic mass is 15.3. The van der Waals surface area contributed by atoms with Crippen LogP contribution in [-0.4, -0.2) is 47.6 Å². The summed E-state index contributed by atoms with van der Waals surface area (Å²) < 4.78 is 0. The van der Waals surface area contributed by atoms with E-state index < -0.39 is 0 Å². The molecule has 2 heteroatoms. The molecule has 0 aromatic heterocycles. The van der Waals surface area contributed by atoms with Crippen molar-refractivity contribution >= 4 is 0 Å². The first-order valence-electron chi connectivity index (χ1n) is 9.08. The fourth-order valence-electron chi connectivity index (χ4n) is 4.49. The zero-order chi connectivity index (χ0) is 15.5. The summed E-state index contributed by atoms with van der Waals surface area (Å²) in [6, 6.07) is 0.901. The maximum absolute atomic E-state index is 2.78. The Morgan fingerprint density at radius 3 is 1.81 bits per heavy atom. The predicted molar refractivity (Wildman–Crippen MR) is 90.5 cm³/mol. The van der Waals surface area contributed by atoms with Crippen LogP contribution in [-0.2, 0) is 0 Å². The third kappa shape index (κ3) is 3.03. The van der Waals surface area contributed by atoms with Gasteiger partial charge in [-0.1, -0.05) is 20.8 Å². The van der Waals surface area contributed by atoms with Crippen LogP contribution in [0.5, 0.6) is 0 Å². The van der Waals surface area contributed by atoms with Crippen molar-refractivity contribution in [2.45, 2.75) is 78.8 Å². The zero-order valence-electron chi connectivity index (χ0n) is 15.2. The van der Waals surface area contributed by atoms with Gasteiger partial charge in [-0.05, 0) is 63.2 Å².